The lowest BCUT2D eigenvalue weighted by Crippen LogP contribution is -2.24. The van der Waals surface area contributed by atoms with Crippen LogP contribution in [0.3, 0.4) is 0 Å². The summed E-state index contributed by atoms with van der Waals surface area (Å²) in [6.07, 6.45) is 3.44. The molecule has 5 nitrogen and oxygen atoms in total. The van der Waals surface area contributed by atoms with Crippen molar-refractivity contribution in [3.05, 3.63) is 77.3 Å². The van der Waals surface area contributed by atoms with E-state index < -0.39 is 5.82 Å². The van der Waals surface area contributed by atoms with E-state index in [1.807, 2.05) is 31.2 Å². The number of pyridine rings is 2. The number of amides is 1. The molecule has 0 saturated carbocycles. The lowest BCUT2D eigenvalue weighted by Gasteiger charge is -2.25. The van der Waals surface area contributed by atoms with Gasteiger partial charge in [0, 0.05) is 36.3 Å². The first-order valence-corrected chi connectivity index (χ1v) is 9.92. The predicted molar refractivity (Wildman–Crippen MR) is 120 cm³/mol. The van der Waals surface area contributed by atoms with Crippen molar-refractivity contribution in [3.8, 4) is 17.0 Å². The monoisotopic (exact) mass is 435 g/mol. The van der Waals surface area contributed by atoms with Crippen molar-refractivity contribution in [1.82, 2.24) is 9.97 Å². The third-order valence-corrected chi connectivity index (χ3v) is 5.29. The first-order chi connectivity index (χ1) is 14.9. The zero-order valence-electron chi connectivity index (χ0n) is 17.2. The van der Waals surface area contributed by atoms with Crippen LogP contribution in [0.15, 0.2) is 60.9 Å². The predicted octanol–water partition coefficient (Wildman–Crippen LogP) is 6.09. The van der Waals surface area contributed by atoms with Crippen LogP contribution in [0.4, 0.5) is 15.8 Å². The maximum absolute atomic E-state index is 13.7. The highest BCUT2D eigenvalue weighted by molar-refractivity contribution is 6.31. The summed E-state index contributed by atoms with van der Waals surface area (Å²) in [6, 6.07) is 13.7. The van der Waals surface area contributed by atoms with E-state index in [4.69, 9.17) is 16.3 Å². The molecular weight excluding hydrogens is 417 g/mol. The Bertz CT molecular complexity index is 1290. The summed E-state index contributed by atoms with van der Waals surface area (Å²) in [4.78, 5) is 23.0. The molecule has 0 spiro atoms. The molecule has 2 aromatic heterocycles. The summed E-state index contributed by atoms with van der Waals surface area (Å²) in [7, 11) is 1.57. The molecule has 0 bridgehead atoms. The number of anilines is 2. The maximum atomic E-state index is 13.7. The number of rotatable bonds is 4. The lowest BCUT2D eigenvalue weighted by molar-refractivity contribution is -0.115. The minimum Gasteiger partial charge on any atom is -0.481 e. The quantitative estimate of drug-likeness (QED) is 0.389. The van der Waals surface area contributed by atoms with Crippen LogP contribution in [-0.2, 0) is 4.79 Å². The molecule has 7 heteroatoms. The third kappa shape index (κ3) is 3.94. The Balaban J connectivity index is 1.93. The highest BCUT2D eigenvalue weighted by Crippen LogP contribution is 2.37. The zero-order chi connectivity index (χ0) is 22.1. The van der Waals surface area contributed by atoms with E-state index in [0.29, 0.717) is 17.3 Å². The van der Waals surface area contributed by atoms with Gasteiger partial charge in [-0.05, 0) is 54.4 Å². The molecule has 156 valence electrons. The van der Waals surface area contributed by atoms with Crippen LogP contribution in [-0.4, -0.2) is 23.0 Å². The fourth-order valence-corrected chi connectivity index (χ4v) is 3.69. The number of hydrogen-bond donors (Lipinski definition) is 0. The molecule has 0 aliphatic heterocycles. The van der Waals surface area contributed by atoms with Gasteiger partial charge in [-0.15, -0.1) is 0 Å². The summed E-state index contributed by atoms with van der Waals surface area (Å²) >= 11 is 6.00. The second kappa shape index (κ2) is 8.32. The van der Waals surface area contributed by atoms with Gasteiger partial charge in [-0.3, -0.25) is 14.7 Å². The molecular formula is C24H19ClFN3O2. The molecule has 0 saturated heterocycles. The van der Waals surface area contributed by atoms with Crippen molar-refractivity contribution in [2.45, 2.75) is 13.8 Å². The van der Waals surface area contributed by atoms with E-state index in [1.54, 1.807) is 25.6 Å². The van der Waals surface area contributed by atoms with Crippen molar-refractivity contribution < 1.29 is 13.9 Å². The van der Waals surface area contributed by atoms with Gasteiger partial charge in [-0.25, -0.2) is 9.37 Å². The van der Waals surface area contributed by atoms with E-state index >= 15 is 0 Å². The number of nitrogens with zero attached hydrogens (tertiary/aromatic N) is 3. The van der Waals surface area contributed by atoms with E-state index in [2.05, 4.69) is 9.97 Å². The lowest BCUT2D eigenvalue weighted by atomic mass is 10.0. The van der Waals surface area contributed by atoms with Gasteiger partial charge in [0.1, 0.15) is 5.82 Å². The molecule has 0 fully saturated rings. The highest BCUT2D eigenvalue weighted by atomic mass is 35.5. The molecule has 0 atom stereocenters. The normalized spacial score (nSPS) is 10.9. The van der Waals surface area contributed by atoms with E-state index in [-0.39, 0.29) is 10.9 Å². The Morgan fingerprint density at radius 2 is 1.81 bits per heavy atom. The topological polar surface area (TPSA) is 55.3 Å². The van der Waals surface area contributed by atoms with E-state index in [0.717, 1.165) is 27.6 Å². The van der Waals surface area contributed by atoms with Gasteiger partial charge in [0.2, 0.25) is 11.8 Å². The minimum absolute atomic E-state index is 0.0511. The van der Waals surface area contributed by atoms with E-state index in [1.165, 1.54) is 30.0 Å². The number of aromatic nitrogens is 2. The van der Waals surface area contributed by atoms with Crippen LogP contribution in [0.25, 0.3) is 22.0 Å². The second-order valence-corrected chi connectivity index (χ2v) is 7.47. The summed E-state index contributed by atoms with van der Waals surface area (Å²) < 4.78 is 18.9. The average molecular weight is 436 g/mol. The number of halogens is 2. The Labute approximate surface area is 184 Å². The first kappa shape index (κ1) is 20.8. The van der Waals surface area contributed by atoms with Crippen molar-refractivity contribution in [2.75, 3.05) is 12.0 Å². The molecule has 31 heavy (non-hydrogen) atoms. The molecule has 0 aliphatic rings. The van der Waals surface area contributed by atoms with E-state index in [9.17, 15) is 9.18 Å². The van der Waals surface area contributed by atoms with Crippen molar-refractivity contribution in [2.24, 2.45) is 0 Å². The molecule has 0 N–H and O–H groups in total. The van der Waals surface area contributed by atoms with Gasteiger partial charge < -0.3 is 4.74 Å². The summed E-state index contributed by atoms with van der Waals surface area (Å²) in [6.45, 7) is 3.34. The third-order valence-electron chi connectivity index (χ3n) is 5.00. The van der Waals surface area contributed by atoms with Crippen LogP contribution in [0, 0.1) is 12.7 Å². The van der Waals surface area contributed by atoms with Crippen LogP contribution in [0.2, 0.25) is 5.02 Å². The zero-order valence-corrected chi connectivity index (χ0v) is 17.9. The molecule has 0 radical (unpaired) electrons. The number of hydrogen-bond acceptors (Lipinski definition) is 4. The molecule has 1 amide bonds. The Morgan fingerprint density at radius 1 is 1.03 bits per heavy atom. The average Bonchev–Trinajstić information content (AvgIpc) is 2.77. The maximum Gasteiger partial charge on any atom is 0.228 e. The number of carbonyl (C=O) groups is 1. The molecule has 4 aromatic rings. The van der Waals surface area contributed by atoms with Gasteiger partial charge in [0.15, 0.2) is 0 Å². The smallest absolute Gasteiger partial charge is 0.228 e. The van der Waals surface area contributed by atoms with Crippen LogP contribution >= 0.6 is 11.6 Å². The first-order valence-electron chi connectivity index (χ1n) is 9.54. The highest BCUT2D eigenvalue weighted by Gasteiger charge is 2.21. The van der Waals surface area contributed by atoms with Gasteiger partial charge in [-0.2, -0.15) is 0 Å². The fraction of sp³-hybridized carbons (Fsp3) is 0.125. The fourth-order valence-electron chi connectivity index (χ4n) is 3.52. The van der Waals surface area contributed by atoms with Gasteiger partial charge in [-0.1, -0.05) is 17.7 Å². The van der Waals surface area contributed by atoms with Gasteiger partial charge >= 0.3 is 0 Å². The second-order valence-electron chi connectivity index (χ2n) is 7.06. The Kier molecular flexibility index (Phi) is 5.57. The summed E-state index contributed by atoms with van der Waals surface area (Å²) in [5.41, 5.74) is 4.49. The van der Waals surface area contributed by atoms with Crippen molar-refractivity contribution >= 4 is 39.8 Å². The molecule has 2 aromatic carbocycles. The molecule has 2 heterocycles. The van der Waals surface area contributed by atoms with Gasteiger partial charge in [0.25, 0.3) is 0 Å². The standard InChI is InChI=1S/C24H19ClFN3O2/c1-14-12-27-22-8-4-16(17-5-9-23(31-3)28-13-17)10-19(22)24(14)29(15(2)30)18-6-7-21(26)20(25)11-18/h4-13H,1-3H3. The molecule has 0 aliphatic carbocycles. The SMILES string of the molecule is COc1ccc(-c2ccc3ncc(C)c(N(C(C)=O)c4ccc(F)c(Cl)c4)c3c2)cn1. The Morgan fingerprint density at radius 3 is 2.45 bits per heavy atom. The van der Waals surface area contributed by atoms with Gasteiger partial charge in [0.05, 0.1) is 29.0 Å². The van der Waals surface area contributed by atoms with Crippen molar-refractivity contribution in [1.29, 1.82) is 0 Å². The van der Waals surface area contributed by atoms with Crippen LogP contribution in [0.5, 0.6) is 5.88 Å². The molecule has 0 unspecified atom stereocenters. The molecule has 4 rings (SSSR count). The number of benzene rings is 2. The van der Waals surface area contributed by atoms with Crippen LogP contribution < -0.4 is 9.64 Å². The van der Waals surface area contributed by atoms with Crippen LogP contribution in [0.1, 0.15) is 12.5 Å². The summed E-state index contributed by atoms with van der Waals surface area (Å²) in [5.74, 6) is -0.243. The van der Waals surface area contributed by atoms with Crippen molar-refractivity contribution in [3.63, 3.8) is 0 Å². The summed E-state index contributed by atoms with van der Waals surface area (Å²) in [5, 5.41) is 0.730. The minimum atomic E-state index is -0.542. The number of ether oxygens (including phenoxy) is 1. The largest absolute Gasteiger partial charge is 0.481 e. The number of carbonyl (C=O) groups excluding carboxylic acids is 1. The number of fused-ring (bicyclic) bond motifs is 1. The number of aryl methyl sites for hydroxylation is 1. The number of methoxy groups -OCH3 is 1. The Hall–Kier alpha value is -3.51.